The lowest BCUT2D eigenvalue weighted by atomic mass is 10.2. The predicted molar refractivity (Wildman–Crippen MR) is 128 cm³/mol. The van der Waals surface area contributed by atoms with Gasteiger partial charge in [0.25, 0.3) is 5.91 Å². The molecule has 1 fully saturated rings. The number of nitrogens with zero attached hydrogens (tertiary/aromatic N) is 3. The van der Waals surface area contributed by atoms with E-state index in [4.69, 9.17) is 9.73 Å². The van der Waals surface area contributed by atoms with E-state index in [9.17, 15) is 4.79 Å². The van der Waals surface area contributed by atoms with Crippen LogP contribution in [0.4, 0.5) is 5.69 Å². The molecule has 6 heteroatoms. The van der Waals surface area contributed by atoms with Gasteiger partial charge in [0.05, 0.1) is 17.7 Å². The van der Waals surface area contributed by atoms with Gasteiger partial charge in [0.15, 0.2) is 5.17 Å². The molecule has 2 heterocycles. The van der Waals surface area contributed by atoms with Gasteiger partial charge in [0.2, 0.25) is 0 Å². The molecule has 0 atom stereocenters. The zero-order valence-corrected chi connectivity index (χ0v) is 18.7. The summed E-state index contributed by atoms with van der Waals surface area (Å²) in [7, 11) is 1.66. The van der Waals surface area contributed by atoms with Crippen LogP contribution in [0, 0.1) is 6.92 Å². The molecule has 0 spiro atoms. The van der Waals surface area contributed by atoms with Gasteiger partial charge in [-0.1, -0.05) is 25.1 Å². The standard InChI is InChI=1S/C25H25N3O2S/c1-4-14-27-24(29)23(31-25(27)26-20-8-6-5-7-9-20)16-19-15-18(2)28(17-19)21-10-12-22(30-3)13-11-21/h5-13,15-17H,4,14H2,1-3H3/b23-16+,26-25?. The van der Waals surface area contributed by atoms with Crippen LogP contribution in [0.2, 0.25) is 0 Å². The fourth-order valence-electron chi connectivity index (χ4n) is 3.48. The molecule has 3 aromatic rings. The quantitative estimate of drug-likeness (QED) is 0.463. The van der Waals surface area contributed by atoms with Crippen molar-refractivity contribution in [3.05, 3.63) is 83.0 Å². The van der Waals surface area contributed by atoms with Crippen LogP contribution in [-0.2, 0) is 4.79 Å². The molecular weight excluding hydrogens is 406 g/mol. The molecule has 4 rings (SSSR count). The Hall–Kier alpha value is -3.25. The number of aliphatic imine (C=N–C) groups is 1. The van der Waals surface area contributed by atoms with Gasteiger partial charge in [-0.05, 0) is 79.2 Å². The largest absolute Gasteiger partial charge is 0.497 e. The van der Waals surface area contributed by atoms with E-state index in [-0.39, 0.29) is 5.91 Å². The van der Waals surface area contributed by atoms with Gasteiger partial charge in [0.1, 0.15) is 5.75 Å². The van der Waals surface area contributed by atoms with E-state index in [1.807, 2.05) is 60.7 Å². The maximum Gasteiger partial charge on any atom is 0.266 e. The van der Waals surface area contributed by atoms with E-state index in [2.05, 4.69) is 30.7 Å². The number of amidine groups is 1. The monoisotopic (exact) mass is 431 g/mol. The van der Waals surface area contributed by atoms with Crippen LogP contribution in [0.15, 0.2) is 76.8 Å². The van der Waals surface area contributed by atoms with Crippen molar-refractivity contribution in [2.24, 2.45) is 4.99 Å². The minimum atomic E-state index is 0.0105. The Morgan fingerprint density at radius 2 is 1.84 bits per heavy atom. The number of methoxy groups -OCH3 is 1. The first-order chi connectivity index (χ1) is 15.1. The number of aromatic nitrogens is 1. The number of thioether (sulfide) groups is 1. The molecule has 0 N–H and O–H groups in total. The molecule has 1 amide bonds. The van der Waals surface area contributed by atoms with Crippen LogP contribution < -0.4 is 4.74 Å². The summed E-state index contributed by atoms with van der Waals surface area (Å²) < 4.78 is 7.36. The summed E-state index contributed by atoms with van der Waals surface area (Å²) in [5, 5.41) is 0.732. The first-order valence-electron chi connectivity index (χ1n) is 10.3. The highest BCUT2D eigenvalue weighted by Crippen LogP contribution is 2.34. The zero-order valence-electron chi connectivity index (χ0n) is 17.9. The molecule has 1 aromatic heterocycles. The molecule has 0 radical (unpaired) electrons. The summed E-state index contributed by atoms with van der Waals surface area (Å²) in [5.41, 5.74) is 3.98. The van der Waals surface area contributed by atoms with E-state index in [0.29, 0.717) is 11.4 Å². The lowest BCUT2D eigenvalue weighted by Gasteiger charge is -2.13. The molecule has 31 heavy (non-hydrogen) atoms. The van der Waals surface area contributed by atoms with Crippen LogP contribution >= 0.6 is 11.8 Å². The van der Waals surface area contributed by atoms with E-state index >= 15 is 0 Å². The Bertz CT molecular complexity index is 1130. The average Bonchev–Trinajstić information content (AvgIpc) is 3.29. The van der Waals surface area contributed by atoms with Gasteiger partial charge < -0.3 is 9.30 Å². The van der Waals surface area contributed by atoms with Crippen molar-refractivity contribution in [2.75, 3.05) is 13.7 Å². The highest BCUT2D eigenvalue weighted by Gasteiger charge is 2.32. The molecule has 1 saturated heterocycles. The average molecular weight is 432 g/mol. The summed E-state index contributed by atoms with van der Waals surface area (Å²) in [6.07, 6.45) is 4.88. The Balaban J connectivity index is 1.63. The summed E-state index contributed by atoms with van der Waals surface area (Å²) in [6.45, 7) is 4.78. The second-order valence-corrected chi connectivity index (χ2v) is 8.29. The number of carbonyl (C=O) groups is 1. The molecule has 0 bridgehead atoms. The van der Waals surface area contributed by atoms with Crippen molar-refractivity contribution in [1.82, 2.24) is 9.47 Å². The fourth-order valence-corrected chi connectivity index (χ4v) is 4.50. The Morgan fingerprint density at radius 3 is 2.52 bits per heavy atom. The van der Waals surface area contributed by atoms with E-state index in [1.54, 1.807) is 12.0 Å². The normalized spacial score (nSPS) is 16.5. The number of para-hydroxylation sites is 1. The number of rotatable bonds is 6. The summed E-state index contributed by atoms with van der Waals surface area (Å²) in [4.78, 5) is 20.2. The molecule has 0 saturated carbocycles. The van der Waals surface area contributed by atoms with Crippen LogP contribution in [0.5, 0.6) is 5.75 Å². The van der Waals surface area contributed by atoms with Crippen LogP contribution in [0.1, 0.15) is 24.6 Å². The molecule has 1 aliphatic rings. The number of hydrogen-bond donors (Lipinski definition) is 0. The third-order valence-corrected chi connectivity index (χ3v) is 6.00. The number of aryl methyl sites for hydroxylation is 1. The summed E-state index contributed by atoms with van der Waals surface area (Å²) >= 11 is 1.43. The van der Waals surface area contributed by atoms with Crippen molar-refractivity contribution in [3.8, 4) is 11.4 Å². The molecule has 1 aliphatic heterocycles. The van der Waals surface area contributed by atoms with Gasteiger partial charge in [-0.25, -0.2) is 4.99 Å². The van der Waals surface area contributed by atoms with E-state index < -0.39 is 0 Å². The highest BCUT2D eigenvalue weighted by atomic mass is 32.2. The van der Waals surface area contributed by atoms with E-state index in [0.717, 1.165) is 40.0 Å². The second kappa shape index (κ2) is 9.27. The molecular formula is C25H25N3O2S. The lowest BCUT2D eigenvalue weighted by Crippen LogP contribution is -2.29. The third-order valence-electron chi connectivity index (χ3n) is 5.00. The van der Waals surface area contributed by atoms with Gasteiger partial charge in [-0.2, -0.15) is 0 Å². The number of carbonyl (C=O) groups excluding carboxylic acids is 1. The Labute approximate surface area is 187 Å². The number of ether oxygens (including phenoxy) is 1. The SMILES string of the molecule is CCCN1C(=O)/C(=C\c2cc(C)n(-c3ccc(OC)cc3)c2)SC1=Nc1ccccc1. The van der Waals surface area contributed by atoms with Crippen LogP contribution in [0.3, 0.4) is 0 Å². The summed E-state index contributed by atoms with van der Waals surface area (Å²) in [5.74, 6) is 0.835. The molecule has 0 aliphatic carbocycles. The van der Waals surface area contributed by atoms with Gasteiger partial charge in [-0.3, -0.25) is 9.69 Å². The third kappa shape index (κ3) is 4.59. The number of hydrogen-bond acceptors (Lipinski definition) is 4. The van der Waals surface area contributed by atoms with Crippen molar-refractivity contribution in [1.29, 1.82) is 0 Å². The van der Waals surface area contributed by atoms with Gasteiger partial charge in [0, 0.05) is 24.1 Å². The van der Waals surface area contributed by atoms with Gasteiger partial charge in [-0.15, -0.1) is 0 Å². The molecule has 158 valence electrons. The maximum absolute atomic E-state index is 13.1. The van der Waals surface area contributed by atoms with Crippen LogP contribution in [-0.4, -0.2) is 34.2 Å². The maximum atomic E-state index is 13.1. The first-order valence-corrected chi connectivity index (χ1v) is 11.1. The number of benzene rings is 2. The minimum absolute atomic E-state index is 0.0105. The van der Waals surface area contributed by atoms with Gasteiger partial charge >= 0.3 is 0 Å². The topological polar surface area (TPSA) is 46.8 Å². The summed E-state index contributed by atoms with van der Waals surface area (Å²) in [6, 6.07) is 19.8. The highest BCUT2D eigenvalue weighted by molar-refractivity contribution is 8.18. The molecule has 5 nitrogen and oxygen atoms in total. The van der Waals surface area contributed by atoms with Crippen molar-refractivity contribution < 1.29 is 9.53 Å². The molecule has 0 unspecified atom stereocenters. The Morgan fingerprint density at radius 1 is 1.10 bits per heavy atom. The lowest BCUT2D eigenvalue weighted by molar-refractivity contribution is -0.122. The second-order valence-electron chi connectivity index (χ2n) is 7.28. The van der Waals surface area contributed by atoms with E-state index in [1.165, 1.54) is 11.8 Å². The number of amides is 1. The van der Waals surface area contributed by atoms with Crippen LogP contribution in [0.25, 0.3) is 11.8 Å². The predicted octanol–water partition coefficient (Wildman–Crippen LogP) is 5.81. The first kappa shape index (κ1) is 21.0. The van der Waals surface area contributed by atoms with Crippen molar-refractivity contribution in [2.45, 2.75) is 20.3 Å². The fraction of sp³-hybridized carbons (Fsp3) is 0.200. The Kier molecular flexibility index (Phi) is 6.28. The van der Waals surface area contributed by atoms with Crippen molar-refractivity contribution in [3.63, 3.8) is 0 Å². The zero-order chi connectivity index (χ0) is 21.8. The minimum Gasteiger partial charge on any atom is -0.497 e. The van der Waals surface area contributed by atoms with Crippen molar-refractivity contribution >= 4 is 34.6 Å². The smallest absolute Gasteiger partial charge is 0.266 e. The molecule has 2 aromatic carbocycles.